The van der Waals surface area contributed by atoms with Crippen LogP contribution in [0.3, 0.4) is 0 Å². The monoisotopic (exact) mass is 359 g/mol. The van der Waals surface area contributed by atoms with Crippen molar-refractivity contribution in [1.82, 2.24) is 14.5 Å². The standard InChI is InChI=1S/C15H25N3O3S2/c1-12(2)11-13(15(19)18-8-6-17(3)7-9-18)16-23(20,21)14-5-4-10-22-14/h4-5,10,12-13,16H,6-9,11H2,1-3H3/t13-/m0/s1. The van der Waals surface area contributed by atoms with E-state index < -0.39 is 16.1 Å². The minimum absolute atomic E-state index is 0.119. The third kappa shape index (κ3) is 5.00. The predicted molar refractivity (Wildman–Crippen MR) is 92.0 cm³/mol. The van der Waals surface area contributed by atoms with Crippen LogP contribution in [0, 0.1) is 5.92 Å². The van der Waals surface area contributed by atoms with Crippen molar-refractivity contribution in [1.29, 1.82) is 0 Å². The minimum Gasteiger partial charge on any atom is -0.339 e. The fourth-order valence-electron chi connectivity index (χ4n) is 2.58. The average molecular weight is 360 g/mol. The van der Waals surface area contributed by atoms with Gasteiger partial charge in [-0.25, -0.2) is 8.42 Å². The summed E-state index contributed by atoms with van der Waals surface area (Å²) in [5.41, 5.74) is 0. The largest absolute Gasteiger partial charge is 0.339 e. The molecule has 0 bridgehead atoms. The second kappa shape index (κ2) is 7.74. The number of hydrogen-bond acceptors (Lipinski definition) is 5. The van der Waals surface area contributed by atoms with Crippen molar-refractivity contribution in [3.8, 4) is 0 Å². The first-order valence-electron chi connectivity index (χ1n) is 7.83. The van der Waals surface area contributed by atoms with Crippen LogP contribution in [0.4, 0.5) is 0 Å². The van der Waals surface area contributed by atoms with Crippen molar-refractivity contribution >= 4 is 27.3 Å². The van der Waals surface area contributed by atoms with Crippen molar-refractivity contribution in [2.24, 2.45) is 5.92 Å². The predicted octanol–water partition coefficient (Wildman–Crippen LogP) is 1.22. The number of carbonyl (C=O) groups excluding carboxylic acids is 1. The molecule has 130 valence electrons. The summed E-state index contributed by atoms with van der Waals surface area (Å²) in [5, 5.41) is 1.72. The Hall–Kier alpha value is -0.960. The molecule has 1 amide bonds. The Morgan fingerprint density at radius 1 is 1.30 bits per heavy atom. The van der Waals surface area contributed by atoms with E-state index >= 15 is 0 Å². The Kier molecular flexibility index (Phi) is 6.19. The summed E-state index contributed by atoms with van der Waals surface area (Å²) < 4.78 is 27.8. The van der Waals surface area contributed by atoms with Gasteiger partial charge in [0.1, 0.15) is 10.3 Å². The van der Waals surface area contributed by atoms with E-state index in [9.17, 15) is 13.2 Å². The van der Waals surface area contributed by atoms with Crippen molar-refractivity contribution < 1.29 is 13.2 Å². The lowest BCUT2D eigenvalue weighted by Gasteiger charge is -2.35. The zero-order valence-corrected chi connectivity index (χ0v) is 15.5. The summed E-state index contributed by atoms with van der Waals surface area (Å²) in [7, 11) is -1.62. The molecule has 0 radical (unpaired) electrons. The highest BCUT2D eigenvalue weighted by atomic mass is 32.2. The van der Waals surface area contributed by atoms with Crippen LogP contribution >= 0.6 is 11.3 Å². The summed E-state index contributed by atoms with van der Waals surface area (Å²) in [5.74, 6) is 0.106. The van der Waals surface area contributed by atoms with E-state index in [1.807, 2.05) is 20.9 Å². The van der Waals surface area contributed by atoms with Gasteiger partial charge in [0.15, 0.2) is 0 Å². The number of piperazine rings is 1. The molecule has 2 heterocycles. The van der Waals surface area contributed by atoms with Gasteiger partial charge in [-0.05, 0) is 30.8 Å². The fourth-order valence-corrected chi connectivity index (χ4v) is 4.79. The van der Waals surface area contributed by atoms with E-state index in [1.54, 1.807) is 22.4 Å². The molecule has 1 saturated heterocycles. The van der Waals surface area contributed by atoms with E-state index in [2.05, 4.69) is 9.62 Å². The number of carbonyl (C=O) groups is 1. The summed E-state index contributed by atoms with van der Waals surface area (Å²) in [6.45, 7) is 6.90. The normalized spacial score (nSPS) is 18.3. The first kappa shape index (κ1) is 18.4. The van der Waals surface area contributed by atoms with Gasteiger partial charge >= 0.3 is 0 Å². The van der Waals surface area contributed by atoms with Gasteiger partial charge in [-0.1, -0.05) is 19.9 Å². The van der Waals surface area contributed by atoms with Crippen molar-refractivity contribution in [3.63, 3.8) is 0 Å². The smallest absolute Gasteiger partial charge is 0.250 e. The average Bonchev–Trinajstić information content (AvgIpc) is 3.01. The first-order chi connectivity index (χ1) is 10.8. The summed E-state index contributed by atoms with van der Waals surface area (Å²) in [6, 6.07) is 2.55. The zero-order chi connectivity index (χ0) is 17.0. The van der Waals surface area contributed by atoms with Crippen LogP contribution in [0.5, 0.6) is 0 Å². The molecule has 1 aromatic heterocycles. The molecule has 1 aromatic rings. The third-order valence-corrected chi connectivity index (χ3v) is 6.75. The first-order valence-corrected chi connectivity index (χ1v) is 10.2. The molecule has 2 rings (SSSR count). The fraction of sp³-hybridized carbons (Fsp3) is 0.667. The van der Waals surface area contributed by atoms with E-state index in [0.717, 1.165) is 24.4 Å². The molecule has 1 atom stereocenters. The number of amides is 1. The van der Waals surface area contributed by atoms with Crippen molar-refractivity contribution in [2.45, 2.75) is 30.5 Å². The Bertz CT molecular complexity index is 606. The molecule has 0 spiro atoms. The van der Waals surface area contributed by atoms with E-state index in [1.165, 1.54) is 0 Å². The Morgan fingerprint density at radius 3 is 2.48 bits per heavy atom. The SMILES string of the molecule is CC(C)C[C@H](NS(=O)(=O)c1cccs1)C(=O)N1CCN(C)CC1. The van der Waals surface area contributed by atoms with Gasteiger partial charge in [0.05, 0.1) is 0 Å². The molecule has 1 N–H and O–H groups in total. The van der Waals surface area contributed by atoms with Gasteiger partial charge in [-0.15, -0.1) is 11.3 Å². The molecule has 0 aliphatic carbocycles. The van der Waals surface area contributed by atoms with Gasteiger partial charge in [-0.3, -0.25) is 4.79 Å². The number of hydrogen-bond donors (Lipinski definition) is 1. The van der Waals surface area contributed by atoms with Crippen LogP contribution in [0.15, 0.2) is 21.7 Å². The van der Waals surface area contributed by atoms with E-state index in [0.29, 0.717) is 19.5 Å². The molecular weight excluding hydrogens is 334 g/mol. The molecule has 0 saturated carbocycles. The second-order valence-electron chi connectivity index (χ2n) is 6.36. The van der Waals surface area contributed by atoms with Crippen LogP contribution in [-0.2, 0) is 14.8 Å². The number of nitrogens with one attached hydrogen (secondary N) is 1. The number of sulfonamides is 1. The number of likely N-dealkylation sites (N-methyl/N-ethyl adjacent to an activating group) is 1. The molecule has 0 aromatic carbocycles. The van der Waals surface area contributed by atoms with E-state index in [4.69, 9.17) is 0 Å². The number of thiophene rings is 1. The molecule has 0 unspecified atom stereocenters. The van der Waals surface area contributed by atoms with Gasteiger partial charge < -0.3 is 9.80 Å². The van der Waals surface area contributed by atoms with Gasteiger partial charge in [0.2, 0.25) is 5.91 Å². The van der Waals surface area contributed by atoms with Gasteiger partial charge in [-0.2, -0.15) is 4.72 Å². The molecule has 1 aliphatic rings. The molecule has 1 fully saturated rings. The summed E-state index contributed by atoms with van der Waals surface area (Å²) >= 11 is 1.16. The highest BCUT2D eigenvalue weighted by Crippen LogP contribution is 2.18. The summed E-state index contributed by atoms with van der Waals surface area (Å²) in [4.78, 5) is 16.7. The van der Waals surface area contributed by atoms with Crippen LogP contribution in [-0.4, -0.2) is 63.4 Å². The maximum atomic E-state index is 12.8. The van der Waals surface area contributed by atoms with Crippen LogP contribution in [0.2, 0.25) is 0 Å². The maximum Gasteiger partial charge on any atom is 0.250 e. The molecule has 8 heteroatoms. The van der Waals surface area contributed by atoms with Crippen molar-refractivity contribution in [3.05, 3.63) is 17.5 Å². The lowest BCUT2D eigenvalue weighted by atomic mass is 10.0. The Labute approximate surface area is 142 Å². The van der Waals surface area contributed by atoms with Gasteiger partial charge in [0.25, 0.3) is 10.0 Å². The topological polar surface area (TPSA) is 69.7 Å². The highest BCUT2D eigenvalue weighted by molar-refractivity contribution is 7.91. The quantitative estimate of drug-likeness (QED) is 0.829. The molecule has 6 nitrogen and oxygen atoms in total. The van der Waals surface area contributed by atoms with Crippen LogP contribution in [0.1, 0.15) is 20.3 Å². The van der Waals surface area contributed by atoms with Crippen LogP contribution < -0.4 is 4.72 Å². The maximum absolute atomic E-state index is 12.8. The summed E-state index contributed by atoms with van der Waals surface area (Å²) in [6.07, 6.45) is 0.496. The number of nitrogens with zero attached hydrogens (tertiary/aromatic N) is 2. The lowest BCUT2D eigenvalue weighted by molar-refractivity contribution is -0.135. The molecular formula is C15H25N3O3S2. The minimum atomic E-state index is -3.65. The zero-order valence-electron chi connectivity index (χ0n) is 13.9. The van der Waals surface area contributed by atoms with Crippen molar-refractivity contribution in [2.75, 3.05) is 33.2 Å². The lowest BCUT2D eigenvalue weighted by Crippen LogP contribution is -2.54. The molecule has 23 heavy (non-hydrogen) atoms. The van der Waals surface area contributed by atoms with Gasteiger partial charge in [0, 0.05) is 26.2 Å². The van der Waals surface area contributed by atoms with Crippen LogP contribution in [0.25, 0.3) is 0 Å². The number of rotatable bonds is 6. The second-order valence-corrected chi connectivity index (χ2v) is 9.25. The molecule has 1 aliphatic heterocycles. The Balaban J connectivity index is 2.12. The third-order valence-electron chi connectivity index (χ3n) is 3.88. The Morgan fingerprint density at radius 2 is 1.96 bits per heavy atom. The highest BCUT2D eigenvalue weighted by Gasteiger charge is 2.31. The van der Waals surface area contributed by atoms with E-state index in [-0.39, 0.29) is 16.0 Å².